The molecule has 0 fully saturated rings. The number of nitrogens with one attached hydrogen (secondary N) is 6. The fourth-order valence-corrected chi connectivity index (χ4v) is 8.01. The molecule has 1 aromatic heterocycles. The zero-order valence-corrected chi connectivity index (χ0v) is 34.8. The monoisotopic (exact) mass is 818 g/mol. The first kappa shape index (κ1) is 47.9. The smallest absolute Gasteiger partial charge is 0.243 e. The topological polar surface area (TPSA) is 231 Å². The van der Waals surface area contributed by atoms with E-state index in [1.54, 1.807) is 23.1 Å². The molecule has 56 heavy (non-hydrogen) atoms. The molecule has 0 aliphatic rings. The van der Waals surface area contributed by atoms with Gasteiger partial charge in [-0.15, -0.1) is 11.3 Å². The van der Waals surface area contributed by atoms with Crippen molar-refractivity contribution in [2.45, 2.75) is 140 Å². The standard InChI is InChI=1S/C39H62N8O7S2/c1-27(48)41-23-13-10-18-31(36(40)52)45-38(54)33(46-37(53)32(44-29(3)50)19-11-14-24-42-28(2)49)20-12-15-25-43-35(51)22-7-5-4-6-16-26-55-39-47-30-17-8-9-21-34(30)56-39/h8-9,17,21,31-33H,4-7,10-16,18-20,22-26H2,1-3H3,(H2,40,52)(H,41,48)(H,42,49)(H,43,51)(H,44,50)(H,45,54)(H,46,53)/t31-,32-,33-/m0/s1. The minimum atomic E-state index is -1.03. The molecule has 0 saturated heterocycles. The molecule has 0 unspecified atom stereocenters. The summed E-state index contributed by atoms with van der Waals surface area (Å²) in [5.41, 5.74) is 6.64. The van der Waals surface area contributed by atoms with Crippen molar-refractivity contribution in [2.24, 2.45) is 5.73 Å². The summed E-state index contributed by atoms with van der Waals surface area (Å²) < 4.78 is 2.31. The molecule has 7 amide bonds. The van der Waals surface area contributed by atoms with Crippen LogP contribution in [-0.4, -0.2) is 89.8 Å². The predicted octanol–water partition coefficient (Wildman–Crippen LogP) is 3.59. The summed E-state index contributed by atoms with van der Waals surface area (Å²) in [6.45, 7) is 5.38. The number of aromatic nitrogens is 1. The molecule has 2 rings (SSSR count). The summed E-state index contributed by atoms with van der Waals surface area (Å²) >= 11 is 3.52. The molecule has 8 N–H and O–H groups in total. The largest absolute Gasteiger partial charge is 0.368 e. The van der Waals surface area contributed by atoms with Gasteiger partial charge in [-0.05, 0) is 82.8 Å². The lowest BCUT2D eigenvalue weighted by Crippen LogP contribution is -2.56. The molecular weight excluding hydrogens is 757 g/mol. The quantitative estimate of drug-likeness (QED) is 0.0451. The van der Waals surface area contributed by atoms with Crippen molar-refractivity contribution in [2.75, 3.05) is 25.4 Å². The lowest BCUT2D eigenvalue weighted by molar-refractivity contribution is -0.133. The third-order valence-electron chi connectivity index (χ3n) is 8.86. The van der Waals surface area contributed by atoms with Gasteiger partial charge in [0.1, 0.15) is 18.1 Å². The summed E-state index contributed by atoms with van der Waals surface area (Å²) in [7, 11) is 0. The average molecular weight is 819 g/mol. The zero-order chi connectivity index (χ0) is 41.1. The summed E-state index contributed by atoms with van der Waals surface area (Å²) in [5.74, 6) is -1.60. The summed E-state index contributed by atoms with van der Waals surface area (Å²) in [6.07, 6.45) is 9.50. The first-order valence-corrected chi connectivity index (χ1v) is 21.6. The third kappa shape index (κ3) is 21.7. The highest BCUT2D eigenvalue weighted by molar-refractivity contribution is 8.01. The molecule has 1 heterocycles. The van der Waals surface area contributed by atoms with Crippen LogP contribution in [-0.2, 0) is 33.6 Å². The Labute approximate surface area is 339 Å². The van der Waals surface area contributed by atoms with Crippen molar-refractivity contribution >= 4 is 74.7 Å². The second-order valence-electron chi connectivity index (χ2n) is 13.9. The van der Waals surface area contributed by atoms with Crippen LogP contribution < -0.4 is 37.6 Å². The average Bonchev–Trinajstić information content (AvgIpc) is 3.56. The number of thioether (sulfide) groups is 1. The summed E-state index contributed by atoms with van der Waals surface area (Å²) in [5, 5.41) is 16.4. The van der Waals surface area contributed by atoms with Crippen molar-refractivity contribution in [3.05, 3.63) is 24.3 Å². The van der Waals surface area contributed by atoms with Crippen molar-refractivity contribution in [1.29, 1.82) is 0 Å². The maximum Gasteiger partial charge on any atom is 0.243 e. The van der Waals surface area contributed by atoms with Gasteiger partial charge < -0.3 is 37.6 Å². The number of carbonyl (C=O) groups excluding carboxylic acids is 7. The van der Waals surface area contributed by atoms with Crippen LogP contribution in [0.2, 0.25) is 0 Å². The molecule has 0 radical (unpaired) electrons. The van der Waals surface area contributed by atoms with Crippen LogP contribution in [0.5, 0.6) is 0 Å². The van der Waals surface area contributed by atoms with Crippen molar-refractivity contribution in [3.63, 3.8) is 0 Å². The normalized spacial score (nSPS) is 12.6. The van der Waals surface area contributed by atoms with E-state index in [1.807, 2.05) is 18.2 Å². The van der Waals surface area contributed by atoms with E-state index in [1.165, 1.54) is 25.5 Å². The van der Waals surface area contributed by atoms with E-state index in [0.717, 1.165) is 47.7 Å². The Morgan fingerprint density at radius 2 is 1.14 bits per heavy atom. The molecule has 3 atom stereocenters. The van der Waals surface area contributed by atoms with Crippen molar-refractivity contribution in [1.82, 2.24) is 36.9 Å². The van der Waals surface area contributed by atoms with Gasteiger partial charge in [0, 0.05) is 52.6 Å². The van der Waals surface area contributed by atoms with Gasteiger partial charge in [-0.25, -0.2) is 4.98 Å². The molecule has 17 heteroatoms. The van der Waals surface area contributed by atoms with Gasteiger partial charge in [0.25, 0.3) is 0 Å². The summed E-state index contributed by atoms with van der Waals surface area (Å²) in [6, 6.07) is 5.23. The van der Waals surface area contributed by atoms with E-state index in [0.29, 0.717) is 64.6 Å². The Hall–Kier alpha value is -4.25. The van der Waals surface area contributed by atoms with Crippen LogP contribution in [0.3, 0.4) is 0 Å². The first-order chi connectivity index (χ1) is 26.8. The molecule has 0 aliphatic carbocycles. The molecule has 0 aliphatic heterocycles. The minimum Gasteiger partial charge on any atom is -0.368 e. The van der Waals surface area contributed by atoms with Gasteiger partial charge >= 0.3 is 0 Å². The molecule has 0 bridgehead atoms. The molecular formula is C39H62N8O7S2. The van der Waals surface area contributed by atoms with Gasteiger partial charge in [-0.1, -0.05) is 43.2 Å². The Bertz CT molecular complexity index is 1520. The summed E-state index contributed by atoms with van der Waals surface area (Å²) in [4.78, 5) is 90.5. The number of benzene rings is 1. The molecule has 15 nitrogen and oxygen atoms in total. The number of hydrogen-bond acceptors (Lipinski definition) is 10. The fourth-order valence-electron chi connectivity index (χ4n) is 5.87. The van der Waals surface area contributed by atoms with Crippen LogP contribution in [0.1, 0.15) is 117 Å². The molecule has 0 saturated carbocycles. The lowest BCUT2D eigenvalue weighted by Gasteiger charge is -2.25. The van der Waals surface area contributed by atoms with E-state index in [4.69, 9.17) is 5.73 Å². The highest BCUT2D eigenvalue weighted by Gasteiger charge is 2.28. The van der Waals surface area contributed by atoms with Crippen LogP contribution in [0.25, 0.3) is 10.2 Å². The highest BCUT2D eigenvalue weighted by atomic mass is 32.2. The van der Waals surface area contributed by atoms with E-state index in [-0.39, 0.29) is 37.0 Å². The number of hydrogen-bond donors (Lipinski definition) is 7. The molecule has 312 valence electrons. The van der Waals surface area contributed by atoms with Crippen LogP contribution in [0, 0.1) is 0 Å². The van der Waals surface area contributed by atoms with Crippen LogP contribution >= 0.6 is 23.1 Å². The van der Waals surface area contributed by atoms with Crippen LogP contribution in [0.15, 0.2) is 28.6 Å². The number of fused-ring (bicyclic) bond motifs is 1. The zero-order valence-electron chi connectivity index (χ0n) is 33.2. The second kappa shape index (κ2) is 28.2. The molecule has 0 spiro atoms. The van der Waals surface area contributed by atoms with Gasteiger partial charge in [0.05, 0.1) is 10.2 Å². The van der Waals surface area contributed by atoms with E-state index < -0.39 is 41.8 Å². The number of thiazole rings is 1. The predicted molar refractivity (Wildman–Crippen MR) is 221 cm³/mol. The van der Waals surface area contributed by atoms with E-state index >= 15 is 0 Å². The maximum atomic E-state index is 13.5. The Morgan fingerprint density at radius 1 is 0.625 bits per heavy atom. The Kier molecular flexibility index (Phi) is 24.1. The number of unbranched alkanes of at least 4 members (excludes halogenated alkanes) is 7. The Balaban J connectivity index is 1.80. The van der Waals surface area contributed by atoms with Gasteiger partial charge in [-0.3, -0.25) is 33.6 Å². The lowest BCUT2D eigenvalue weighted by atomic mass is 10.0. The van der Waals surface area contributed by atoms with E-state index in [9.17, 15) is 33.6 Å². The number of primary amides is 1. The van der Waals surface area contributed by atoms with Gasteiger partial charge in [0.2, 0.25) is 41.4 Å². The maximum absolute atomic E-state index is 13.5. The number of nitrogens with two attached hydrogens (primary N) is 1. The third-order valence-corrected chi connectivity index (χ3v) is 11.1. The number of nitrogens with zero attached hydrogens (tertiary/aromatic N) is 1. The SMILES string of the molecule is CC(=O)NCCCC[C@H](NC(=O)[C@H](CCCCNC(=O)CCCCCCCSc1nc2ccccc2s1)NC(=O)[C@H](CCCCNC(C)=O)NC(C)=O)C(N)=O. The fraction of sp³-hybridized carbons (Fsp3) is 0.641. The highest BCUT2D eigenvalue weighted by Crippen LogP contribution is 2.30. The number of carbonyl (C=O) groups is 7. The molecule has 2 aromatic rings. The van der Waals surface area contributed by atoms with Gasteiger partial charge in [-0.2, -0.15) is 0 Å². The van der Waals surface area contributed by atoms with Crippen molar-refractivity contribution in [3.8, 4) is 0 Å². The van der Waals surface area contributed by atoms with Gasteiger partial charge in [0.15, 0.2) is 4.34 Å². The molecule has 1 aromatic carbocycles. The second-order valence-corrected chi connectivity index (χ2v) is 16.3. The van der Waals surface area contributed by atoms with Crippen molar-refractivity contribution < 1.29 is 33.6 Å². The Morgan fingerprint density at radius 3 is 1.71 bits per heavy atom. The van der Waals surface area contributed by atoms with Crippen LogP contribution in [0.4, 0.5) is 0 Å². The number of amides is 7. The minimum absolute atomic E-state index is 0.0292. The first-order valence-electron chi connectivity index (χ1n) is 19.8. The number of rotatable bonds is 30. The van der Waals surface area contributed by atoms with E-state index in [2.05, 4.69) is 43.0 Å². The number of para-hydroxylation sites is 1.